The van der Waals surface area contributed by atoms with Crippen molar-refractivity contribution in [1.82, 2.24) is 4.98 Å². The standard InChI is InChI=1S/C17H22N2OS/c1-17(2)7-8-19(9-10-21-17)16-11-13(12-20)14-5-3-4-6-15(14)18-16/h3-6,11,20H,7-10,12H2,1-2H3. The molecular weight excluding hydrogens is 280 g/mol. The maximum absolute atomic E-state index is 9.65. The molecule has 21 heavy (non-hydrogen) atoms. The Hall–Kier alpha value is -1.26. The van der Waals surface area contributed by atoms with E-state index in [1.807, 2.05) is 42.1 Å². The molecular formula is C17H22N2OS. The first-order valence-corrected chi connectivity index (χ1v) is 8.46. The van der Waals surface area contributed by atoms with E-state index >= 15 is 0 Å². The Kier molecular flexibility index (Phi) is 4.09. The highest BCUT2D eigenvalue weighted by Crippen LogP contribution is 2.32. The van der Waals surface area contributed by atoms with Gasteiger partial charge in [0.2, 0.25) is 0 Å². The van der Waals surface area contributed by atoms with Gasteiger partial charge < -0.3 is 10.0 Å². The van der Waals surface area contributed by atoms with Crippen LogP contribution in [-0.2, 0) is 6.61 Å². The first-order valence-electron chi connectivity index (χ1n) is 7.47. The smallest absolute Gasteiger partial charge is 0.129 e. The van der Waals surface area contributed by atoms with Gasteiger partial charge in [-0.3, -0.25) is 0 Å². The highest BCUT2D eigenvalue weighted by molar-refractivity contribution is 8.00. The predicted molar refractivity (Wildman–Crippen MR) is 91.0 cm³/mol. The maximum Gasteiger partial charge on any atom is 0.129 e. The molecule has 1 aliphatic rings. The number of aromatic nitrogens is 1. The van der Waals surface area contributed by atoms with Gasteiger partial charge in [0.15, 0.2) is 0 Å². The van der Waals surface area contributed by atoms with E-state index in [4.69, 9.17) is 4.98 Å². The third-order valence-electron chi connectivity index (χ3n) is 4.12. The van der Waals surface area contributed by atoms with Crippen LogP contribution in [0.1, 0.15) is 25.8 Å². The molecule has 1 saturated heterocycles. The zero-order valence-electron chi connectivity index (χ0n) is 12.7. The summed E-state index contributed by atoms with van der Waals surface area (Å²) in [5.41, 5.74) is 1.93. The fourth-order valence-electron chi connectivity index (χ4n) is 2.77. The zero-order chi connectivity index (χ0) is 14.9. The topological polar surface area (TPSA) is 36.4 Å². The Morgan fingerprint density at radius 3 is 2.90 bits per heavy atom. The summed E-state index contributed by atoms with van der Waals surface area (Å²) in [5, 5.41) is 10.7. The number of aliphatic hydroxyl groups excluding tert-OH is 1. The summed E-state index contributed by atoms with van der Waals surface area (Å²) in [6.07, 6.45) is 1.15. The summed E-state index contributed by atoms with van der Waals surface area (Å²) < 4.78 is 0.339. The zero-order valence-corrected chi connectivity index (χ0v) is 13.5. The lowest BCUT2D eigenvalue weighted by Gasteiger charge is -2.24. The molecule has 0 radical (unpaired) electrons. The fraction of sp³-hybridized carbons (Fsp3) is 0.471. The monoisotopic (exact) mass is 302 g/mol. The van der Waals surface area contributed by atoms with Crippen LogP contribution in [0.3, 0.4) is 0 Å². The molecule has 0 amide bonds. The first-order chi connectivity index (χ1) is 10.1. The van der Waals surface area contributed by atoms with Crippen LogP contribution >= 0.6 is 11.8 Å². The Balaban J connectivity index is 1.96. The van der Waals surface area contributed by atoms with Crippen LogP contribution in [0.15, 0.2) is 30.3 Å². The Labute approximate surface area is 130 Å². The Morgan fingerprint density at radius 1 is 1.29 bits per heavy atom. The van der Waals surface area contributed by atoms with Gasteiger partial charge in [-0.05, 0) is 24.1 Å². The number of hydrogen-bond donors (Lipinski definition) is 1. The minimum Gasteiger partial charge on any atom is -0.392 e. The van der Waals surface area contributed by atoms with Gasteiger partial charge in [-0.2, -0.15) is 11.8 Å². The van der Waals surface area contributed by atoms with E-state index in [9.17, 15) is 5.11 Å². The number of thioether (sulfide) groups is 1. The number of benzene rings is 1. The molecule has 0 unspecified atom stereocenters. The van der Waals surface area contributed by atoms with Gasteiger partial charge in [-0.15, -0.1) is 0 Å². The van der Waals surface area contributed by atoms with Crippen molar-refractivity contribution in [3.05, 3.63) is 35.9 Å². The van der Waals surface area contributed by atoms with Gasteiger partial charge in [0, 0.05) is 29.0 Å². The molecule has 0 saturated carbocycles. The number of fused-ring (bicyclic) bond motifs is 1. The van der Waals surface area contributed by atoms with E-state index in [-0.39, 0.29) is 6.61 Å². The lowest BCUT2D eigenvalue weighted by Crippen LogP contribution is -2.27. The molecule has 0 atom stereocenters. The molecule has 3 rings (SSSR count). The molecule has 1 N–H and O–H groups in total. The van der Waals surface area contributed by atoms with Gasteiger partial charge in [-0.1, -0.05) is 32.0 Å². The van der Waals surface area contributed by atoms with E-state index in [0.717, 1.165) is 47.5 Å². The minimum atomic E-state index is 0.0596. The third kappa shape index (κ3) is 3.16. The molecule has 1 aliphatic heterocycles. The highest BCUT2D eigenvalue weighted by atomic mass is 32.2. The number of anilines is 1. The van der Waals surface area contributed by atoms with Crippen molar-refractivity contribution in [1.29, 1.82) is 0 Å². The molecule has 0 aliphatic carbocycles. The van der Waals surface area contributed by atoms with Gasteiger partial charge in [0.25, 0.3) is 0 Å². The second kappa shape index (κ2) is 5.85. The first kappa shape index (κ1) is 14.7. The van der Waals surface area contributed by atoms with Crippen molar-refractivity contribution in [3.8, 4) is 0 Å². The number of hydrogen-bond acceptors (Lipinski definition) is 4. The van der Waals surface area contributed by atoms with Gasteiger partial charge in [0.05, 0.1) is 12.1 Å². The molecule has 0 bridgehead atoms. The summed E-state index contributed by atoms with van der Waals surface area (Å²) in [4.78, 5) is 7.16. The van der Waals surface area contributed by atoms with Crippen molar-refractivity contribution >= 4 is 28.5 Å². The number of aliphatic hydroxyl groups is 1. The molecule has 4 heteroatoms. The van der Waals surface area contributed by atoms with Gasteiger partial charge >= 0.3 is 0 Å². The van der Waals surface area contributed by atoms with Crippen LogP contribution in [0, 0.1) is 0 Å². The quantitative estimate of drug-likeness (QED) is 0.922. The van der Waals surface area contributed by atoms with E-state index in [1.165, 1.54) is 0 Å². The van der Waals surface area contributed by atoms with Gasteiger partial charge in [-0.25, -0.2) is 4.98 Å². The second-order valence-corrected chi connectivity index (χ2v) is 7.96. The molecule has 2 aromatic rings. The van der Waals surface area contributed by atoms with Crippen molar-refractivity contribution in [2.45, 2.75) is 31.6 Å². The molecule has 2 heterocycles. The predicted octanol–water partition coefficient (Wildman–Crippen LogP) is 3.45. The lowest BCUT2D eigenvalue weighted by atomic mass is 10.1. The number of nitrogens with zero attached hydrogens (tertiary/aromatic N) is 2. The second-order valence-electron chi connectivity index (χ2n) is 6.16. The van der Waals surface area contributed by atoms with Crippen LogP contribution in [-0.4, -0.2) is 33.7 Å². The molecule has 3 nitrogen and oxygen atoms in total. The number of rotatable bonds is 2. The van der Waals surface area contributed by atoms with Crippen molar-refractivity contribution in [2.24, 2.45) is 0 Å². The summed E-state index contributed by atoms with van der Waals surface area (Å²) in [6, 6.07) is 10.1. The van der Waals surface area contributed by atoms with E-state index < -0.39 is 0 Å². The van der Waals surface area contributed by atoms with Crippen LogP contribution in [0.2, 0.25) is 0 Å². The SMILES string of the molecule is CC1(C)CCN(c2cc(CO)c3ccccc3n2)CCS1. The van der Waals surface area contributed by atoms with Crippen molar-refractivity contribution < 1.29 is 5.11 Å². The summed E-state index contributed by atoms with van der Waals surface area (Å²) in [7, 11) is 0. The van der Waals surface area contributed by atoms with E-state index in [1.54, 1.807) is 0 Å². The number of para-hydroxylation sites is 1. The fourth-order valence-corrected chi connectivity index (χ4v) is 3.87. The van der Waals surface area contributed by atoms with E-state index in [2.05, 4.69) is 18.7 Å². The summed E-state index contributed by atoms with van der Waals surface area (Å²) in [6.45, 7) is 6.73. The minimum absolute atomic E-state index is 0.0596. The lowest BCUT2D eigenvalue weighted by molar-refractivity contribution is 0.283. The highest BCUT2D eigenvalue weighted by Gasteiger charge is 2.24. The molecule has 1 aromatic carbocycles. The van der Waals surface area contributed by atoms with Crippen LogP contribution in [0.25, 0.3) is 10.9 Å². The van der Waals surface area contributed by atoms with E-state index in [0.29, 0.717) is 4.75 Å². The summed E-state index contributed by atoms with van der Waals surface area (Å²) in [5.74, 6) is 2.12. The molecule has 112 valence electrons. The third-order valence-corrected chi connectivity index (χ3v) is 5.49. The Morgan fingerprint density at radius 2 is 2.10 bits per heavy atom. The van der Waals surface area contributed by atoms with Crippen molar-refractivity contribution in [3.63, 3.8) is 0 Å². The van der Waals surface area contributed by atoms with Crippen molar-refractivity contribution in [2.75, 3.05) is 23.7 Å². The van der Waals surface area contributed by atoms with Crippen LogP contribution in [0.5, 0.6) is 0 Å². The van der Waals surface area contributed by atoms with Gasteiger partial charge in [0.1, 0.15) is 5.82 Å². The Bertz CT molecular complexity index is 642. The largest absolute Gasteiger partial charge is 0.392 e. The van der Waals surface area contributed by atoms with Crippen LogP contribution in [0.4, 0.5) is 5.82 Å². The van der Waals surface area contributed by atoms with Crippen LogP contribution < -0.4 is 4.90 Å². The normalized spacial score (nSPS) is 18.7. The average molecular weight is 302 g/mol. The summed E-state index contributed by atoms with van der Waals surface area (Å²) >= 11 is 2.03. The molecule has 1 fully saturated rings. The number of pyridine rings is 1. The average Bonchev–Trinajstić information content (AvgIpc) is 2.67. The molecule has 0 spiro atoms. The molecule has 1 aromatic heterocycles. The maximum atomic E-state index is 9.65.